The lowest BCUT2D eigenvalue weighted by molar-refractivity contribution is 0.204. The summed E-state index contributed by atoms with van der Waals surface area (Å²) >= 11 is 0. The Morgan fingerprint density at radius 2 is 1.42 bits per heavy atom. The van der Waals surface area contributed by atoms with Gasteiger partial charge < -0.3 is 0 Å². The zero-order chi connectivity index (χ0) is 8.55. The maximum Gasteiger partial charge on any atom is -0.0407 e. The summed E-state index contributed by atoms with van der Waals surface area (Å²) in [7, 11) is 0. The van der Waals surface area contributed by atoms with Crippen LogP contribution in [0.2, 0.25) is 0 Å². The van der Waals surface area contributed by atoms with Crippen LogP contribution in [-0.4, -0.2) is 0 Å². The van der Waals surface area contributed by atoms with E-state index >= 15 is 0 Å². The van der Waals surface area contributed by atoms with Gasteiger partial charge in [-0.2, -0.15) is 0 Å². The van der Waals surface area contributed by atoms with Crippen LogP contribution in [0.25, 0.3) is 0 Å². The summed E-state index contributed by atoms with van der Waals surface area (Å²) in [5, 5.41) is 0. The molecule has 0 nitrogen and oxygen atoms in total. The van der Waals surface area contributed by atoms with Crippen molar-refractivity contribution in [3.05, 3.63) is 0 Å². The van der Waals surface area contributed by atoms with Gasteiger partial charge in [-0.15, -0.1) is 0 Å². The minimum Gasteiger partial charge on any atom is -0.0625 e. The van der Waals surface area contributed by atoms with Crippen LogP contribution in [0.4, 0.5) is 0 Å². The van der Waals surface area contributed by atoms with Crippen LogP contribution < -0.4 is 0 Å². The van der Waals surface area contributed by atoms with Crippen LogP contribution in [0.3, 0.4) is 0 Å². The molecule has 2 aliphatic rings. The van der Waals surface area contributed by atoms with Crippen LogP contribution in [-0.2, 0) is 0 Å². The second kappa shape index (κ2) is 3.40. The van der Waals surface area contributed by atoms with Crippen molar-refractivity contribution < 1.29 is 0 Å². The third-order valence-electron chi connectivity index (χ3n) is 3.64. The summed E-state index contributed by atoms with van der Waals surface area (Å²) in [5.41, 5.74) is 0. The minimum absolute atomic E-state index is 1.01. The second-order valence-corrected chi connectivity index (χ2v) is 5.46. The highest BCUT2D eigenvalue weighted by Gasteiger charge is 2.29. The molecule has 2 rings (SSSR count). The van der Waals surface area contributed by atoms with Gasteiger partial charge in [-0.3, -0.25) is 0 Å². The van der Waals surface area contributed by atoms with Crippen LogP contribution in [0.5, 0.6) is 0 Å². The molecule has 0 N–H and O–H groups in total. The first kappa shape index (κ1) is 8.59. The fraction of sp³-hybridized carbons (Fsp3) is 1.00. The van der Waals surface area contributed by atoms with E-state index in [0.717, 1.165) is 23.7 Å². The first-order valence-corrected chi connectivity index (χ1v) is 5.74. The molecule has 12 heavy (non-hydrogen) atoms. The van der Waals surface area contributed by atoms with E-state index in [9.17, 15) is 0 Å². The van der Waals surface area contributed by atoms with E-state index < -0.39 is 0 Å². The molecule has 2 atom stereocenters. The SMILES string of the molecule is CC1CC(C)CC(CC2CC2)C1. The van der Waals surface area contributed by atoms with E-state index in [4.69, 9.17) is 0 Å². The van der Waals surface area contributed by atoms with Gasteiger partial charge in [0, 0.05) is 0 Å². The number of hydrogen-bond acceptors (Lipinski definition) is 0. The van der Waals surface area contributed by atoms with E-state index in [0.29, 0.717) is 0 Å². The van der Waals surface area contributed by atoms with Crippen LogP contribution in [0.1, 0.15) is 52.4 Å². The molecule has 0 aromatic rings. The molecule has 0 aromatic heterocycles. The first-order chi connectivity index (χ1) is 5.74. The molecule has 0 heterocycles. The Balaban J connectivity index is 1.79. The Kier molecular flexibility index (Phi) is 2.43. The minimum atomic E-state index is 1.01. The van der Waals surface area contributed by atoms with Gasteiger partial charge in [-0.05, 0) is 49.4 Å². The van der Waals surface area contributed by atoms with Gasteiger partial charge in [-0.25, -0.2) is 0 Å². The lowest BCUT2D eigenvalue weighted by atomic mass is 9.75. The third kappa shape index (κ3) is 2.24. The fourth-order valence-electron chi connectivity index (χ4n) is 3.13. The van der Waals surface area contributed by atoms with Crippen molar-refractivity contribution in [1.29, 1.82) is 0 Å². The Morgan fingerprint density at radius 1 is 0.833 bits per heavy atom. The fourth-order valence-corrected chi connectivity index (χ4v) is 3.13. The van der Waals surface area contributed by atoms with Gasteiger partial charge in [0.25, 0.3) is 0 Å². The second-order valence-electron chi connectivity index (χ2n) is 5.46. The molecular formula is C12H22. The van der Waals surface area contributed by atoms with E-state index in [1.165, 1.54) is 19.3 Å². The Morgan fingerprint density at radius 3 is 1.92 bits per heavy atom. The Hall–Kier alpha value is 0. The molecule has 0 radical (unpaired) electrons. The summed E-state index contributed by atoms with van der Waals surface area (Å²) in [6.07, 6.45) is 9.19. The van der Waals surface area contributed by atoms with Gasteiger partial charge >= 0.3 is 0 Å². The molecule has 2 aliphatic carbocycles. The summed E-state index contributed by atoms with van der Waals surface area (Å²) in [6, 6.07) is 0. The van der Waals surface area contributed by atoms with Crippen molar-refractivity contribution >= 4 is 0 Å². The highest BCUT2D eigenvalue weighted by Crippen LogP contribution is 2.42. The predicted molar refractivity (Wildman–Crippen MR) is 53.0 cm³/mol. The van der Waals surface area contributed by atoms with E-state index in [1.54, 1.807) is 19.3 Å². The Bertz CT molecular complexity index is 133. The largest absolute Gasteiger partial charge is 0.0625 e. The number of rotatable bonds is 2. The zero-order valence-corrected chi connectivity index (χ0v) is 8.55. The molecule has 0 bridgehead atoms. The van der Waals surface area contributed by atoms with Gasteiger partial charge in [0.05, 0.1) is 0 Å². The molecule has 0 aromatic carbocycles. The van der Waals surface area contributed by atoms with Gasteiger partial charge in [-0.1, -0.05) is 26.7 Å². The monoisotopic (exact) mass is 166 g/mol. The molecule has 2 unspecified atom stereocenters. The molecule has 2 saturated carbocycles. The molecule has 0 amide bonds. The van der Waals surface area contributed by atoms with Crippen molar-refractivity contribution in [3.63, 3.8) is 0 Å². The average molecular weight is 166 g/mol. The third-order valence-corrected chi connectivity index (χ3v) is 3.64. The first-order valence-electron chi connectivity index (χ1n) is 5.74. The van der Waals surface area contributed by atoms with E-state index in [1.807, 2.05) is 0 Å². The maximum absolute atomic E-state index is 2.44. The average Bonchev–Trinajstić information content (AvgIpc) is 2.68. The summed E-state index contributed by atoms with van der Waals surface area (Å²) < 4.78 is 0. The lowest BCUT2D eigenvalue weighted by Crippen LogP contribution is -2.19. The van der Waals surface area contributed by atoms with Gasteiger partial charge in [0.1, 0.15) is 0 Å². The Labute approximate surface area is 76.7 Å². The zero-order valence-electron chi connectivity index (χ0n) is 8.55. The van der Waals surface area contributed by atoms with Gasteiger partial charge in [0.15, 0.2) is 0 Å². The summed E-state index contributed by atoms with van der Waals surface area (Å²) in [6.45, 7) is 4.88. The quantitative estimate of drug-likeness (QED) is 0.584. The highest BCUT2D eigenvalue weighted by atomic mass is 14.4. The molecule has 0 spiro atoms. The van der Waals surface area contributed by atoms with Crippen molar-refractivity contribution in [3.8, 4) is 0 Å². The normalized spacial score (nSPS) is 43.0. The van der Waals surface area contributed by atoms with Crippen LogP contribution in [0.15, 0.2) is 0 Å². The molecular weight excluding hydrogens is 144 g/mol. The molecule has 0 saturated heterocycles. The van der Waals surface area contributed by atoms with Crippen LogP contribution in [0, 0.1) is 23.7 Å². The summed E-state index contributed by atoms with van der Waals surface area (Å²) in [4.78, 5) is 0. The lowest BCUT2D eigenvalue weighted by Gasteiger charge is -2.31. The smallest absolute Gasteiger partial charge is 0.0407 e. The van der Waals surface area contributed by atoms with Crippen molar-refractivity contribution in [1.82, 2.24) is 0 Å². The molecule has 0 heteroatoms. The molecule has 2 fully saturated rings. The topological polar surface area (TPSA) is 0 Å². The molecule has 0 aliphatic heterocycles. The van der Waals surface area contributed by atoms with Crippen molar-refractivity contribution in [2.24, 2.45) is 23.7 Å². The predicted octanol–water partition coefficient (Wildman–Crippen LogP) is 3.86. The van der Waals surface area contributed by atoms with Gasteiger partial charge in [0.2, 0.25) is 0 Å². The van der Waals surface area contributed by atoms with E-state index in [-0.39, 0.29) is 0 Å². The number of hydrogen-bond donors (Lipinski definition) is 0. The van der Waals surface area contributed by atoms with Crippen molar-refractivity contribution in [2.75, 3.05) is 0 Å². The van der Waals surface area contributed by atoms with Crippen LogP contribution >= 0.6 is 0 Å². The standard InChI is InChI=1S/C12H22/c1-9-5-10(2)7-12(6-9)8-11-3-4-11/h9-12H,3-8H2,1-2H3. The maximum atomic E-state index is 2.44. The summed E-state index contributed by atoms with van der Waals surface area (Å²) in [5.74, 6) is 4.26. The van der Waals surface area contributed by atoms with Crippen molar-refractivity contribution in [2.45, 2.75) is 52.4 Å². The highest BCUT2D eigenvalue weighted by molar-refractivity contribution is 4.81. The molecule has 70 valence electrons. The van der Waals surface area contributed by atoms with E-state index in [2.05, 4.69) is 13.8 Å².